The summed E-state index contributed by atoms with van der Waals surface area (Å²) in [7, 11) is 0. The molecule has 0 saturated heterocycles. The number of rotatable bonds is 9. The third-order valence-electron chi connectivity index (χ3n) is 6.85. The number of ether oxygens (including phenoxy) is 2. The number of carbonyl (C=O) groups excluding carboxylic acids is 1. The largest absolute Gasteiger partial charge is 0.490 e. The highest BCUT2D eigenvalue weighted by molar-refractivity contribution is 5.99. The normalized spacial score (nSPS) is 14.9. The molecule has 38 heavy (non-hydrogen) atoms. The van der Waals surface area contributed by atoms with Gasteiger partial charge in [-0.2, -0.15) is 0 Å². The molecule has 0 radical (unpaired) electrons. The Morgan fingerprint density at radius 2 is 1.84 bits per heavy atom. The molecule has 1 amide bonds. The summed E-state index contributed by atoms with van der Waals surface area (Å²) in [5.41, 5.74) is 3.06. The average molecular weight is 516 g/mol. The summed E-state index contributed by atoms with van der Waals surface area (Å²) in [4.78, 5) is 29.4. The first-order chi connectivity index (χ1) is 18.3. The van der Waals surface area contributed by atoms with Crippen molar-refractivity contribution < 1.29 is 23.1 Å². The summed E-state index contributed by atoms with van der Waals surface area (Å²) in [5.74, 6) is 2.05. The summed E-state index contributed by atoms with van der Waals surface area (Å²) >= 11 is 0. The SMILES string of the molecule is CCOc1cc(C2c3c(oc4cc(C)cc(C)c4c3=O)C(=O)N2Cc2ccco2)ccc1OCCC(C)C. The van der Waals surface area contributed by atoms with Crippen molar-refractivity contribution in [2.45, 2.75) is 53.6 Å². The Labute approximate surface area is 222 Å². The number of hydrogen-bond acceptors (Lipinski definition) is 6. The molecule has 0 fully saturated rings. The highest BCUT2D eigenvalue weighted by Gasteiger charge is 2.43. The number of furan rings is 1. The summed E-state index contributed by atoms with van der Waals surface area (Å²) in [5, 5.41) is 0.491. The fraction of sp³-hybridized carbons (Fsp3) is 0.355. The standard InChI is InChI=1S/C31H33NO6/c1-6-35-24-16-21(9-10-23(24)37-13-11-18(2)3)28-27-29(33)26-20(5)14-19(4)15-25(26)38-30(27)31(34)32(28)17-22-8-7-12-36-22/h7-10,12,14-16,18,28H,6,11,13,17H2,1-5H3. The van der Waals surface area contributed by atoms with Crippen molar-refractivity contribution in [1.29, 1.82) is 0 Å². The number of hydrogen-bond donors (Lipinski definition) is 0. The Morgan fingerprint density at radius 1 is 1.03 bits per heavy atom. The van der Waals surface area contributed by atoms with E-state index in [4.69, 9.17) is 18.3 Å². The summed E-state index contributed by atoms with van der Waals surface area (Å²) in [6, 6.07) is 12.3. The minimum absolute atomic E-state index is 0.0688. The number of benzene rings is 2. The van der Waals surface area contributed by atoms with E-state index in [0.29, 0.717) is 52.9 Å². The Hall–Kier alpha value is -4.00. The molecule has 198 valence electrons. The van der Waals surface area contributed by atoms with Gasteiger partial charge in [-0.1, -0.05) is 26.0 Å². The molecule has 1 atom stereocenters. The van der Waals surface area contributed by atoms with Crippen LogP contribution in [-0.2, 0) is 6.54 Å². The molecular weight excluding hydrogens is 482 g/mol. The van der Waals surface area contributed by atoms with Crippen LogP contribution in [0.4, 0.5) is 0 Å². The van der Waals surface area contributed by atoms with Crippen molar-refractivity contribution in [3.8, 4) is 11.5 Å². The molecule has 1 unspecified atom stereocenters. The van der Waals surface area contributed by atoms with E-state index in [-0.39, 0.29) is 23.6 Å². The van der Waals surface area contributed by atoms with Crippen LogP contribution in [0.2, 0.25) is 0 Å². The first-order valence-corrected chi connectivity index (χ1v) is 13.1. The van der Waals surface area contributed by atoms with Crippen LogP contribution in [-0.4, -0.2) is 24.0 Å². The zero-order chi connectivity index (χ0) is 27.0. The molecule has 0 bridgehead atoms. The predicted molar refractivity (Wildman–Crippen MR) is 145 cm³/mol. The summed E-state index contributed by atoms with van der Waals surface area (Å²) in [6.07, 6.45) is 2.49. The molecule has 0 N–H and O–H groups in total. The van der Waals surface area contributed by atoms with Crippen molar-refractivity contribution in [3.05, 3.63) is 92.7 Å². The van der Waals surface area contributed by atoms with Crippen LogP contribution in [0.25, 0.3) is 11.0 Å². The first-order valence-electron chi connectivity index (χ1n) is 13.1. The average Bonchev–Trinajstić information content (AvgIpc) is 3.47. The van der Waals surface area contributed by atoms with Crippen LogP contribution in [0, 0.1) is 19.8 Å². The molecule has 1 aliphatic heterocycles. The van der Waals surface area contributed by atoms with Gasteiger partial charge in [0.2, 0.25) is 5.76 Å². The number of nitrogens with zero attached hydrogens (tertiary/aromatic N) is 1. The molecule has 2 aromatic heterocycles. The van der Waals surface area contributed by atoms with Gasteiger partial charge >= 0.3 is 0 Å². The maximum absolute atomic E-state index is 14.0. The molecule has 0 aliphatic carbocycles. The minimum atomic E-state index is -0.673. The van der Waals surface area contributed by atoms with Gasteiger partial charge in [0.15, 0.2) is 16.9 Å². The molecule has 2 aromatic carbocycles. The van der Waals surface area contributed by atoms with Crippen LogP contribution < -0.4 is 14.9 Å². The smallest absolute Gasteiger partial charge is 0.291 e. The van der Waals surface area contributed by atoms with Gasteiger partial charge in [0.05, 0.1) is 43.0 Å². The third kappa shape index (κ3) is 4.69. The predicted octanol–water partition coefficient (Wildman–Crippen LogP) is 6.57. The van der Waals surface area contributed by atoms with Gasteiger partial charge in [0, 0.05) is 0 Å². The second-order valence-corrected chi connectivity index (χ2v) is 10.2. The molecule has 7 nitrogen and oxygen atoms in total. The van der Waals surface area contributed by atoms with Gasteiger partial charge in [-0.3, -0.25) is 9.59 Å². The van der Waals surface area contributed by atoms with Crippen LogP contribution in [0.1, 0.15) is 71.8 Å². The van der Waals surface area contributed by atoms with Crippen LogP contribution >= 0.6 is 0 Å². The molecule has 4 aromatic rings. The zero-order valence-corrected chi connectivity index (χ0v) is 22.5. The van der Waals surface area contributed by atoms with Gasteiger partial charge in [-0.15, -0.1) is 0 Å². The highest BCUT2D eigenvalue weighted by Crippen LogP contribution is 2.42. The lowest BCUT2D eigenvalue weighted by Crippen LogP contribution is -2.29. The zero-order valence-electron chi connectivity index (χ0n) is 22.5. The fourth-order valence-electron chi connectivity index (χ4n) is 5.08. The van der Waals surface area contributed by atoms with Crippen LogP contribution in [0.15, 0.2) is 62.4 Å². The Morgan fingerprint density at radius 3 is 2.55 bits per heavy atom. The van der Waals surface area contributed by atoms with Gasteiger partial charge < -0.3 is 23.2 Å². The van der Waals surface area contributed by atoms with E-state index >= 15 is 0 Å². The molecule has 5 rings (SSSR count). The van der Waals surface area contributed by atoms with Crippen molar-refractivity contribution >= 4 is 16.9 Å². The van der Waals surface area contributed by atoms with E-state index in [9.17, 15) is 9.59 Å². The molecule has 0 spiro atoms. The van der Waals surface area contributed by atoms with E-state index in [1.165, 1.54) is 0 Å². The number of carbonyl (C=O) groups is 1. The lowest BCUT2D eigenvalue weighted by atomic mass is 9.96. The third-order valence-corrected chi connectivity index (χ3v) is 6.85. The quantitative estimate of drug-likeness (QED) is 0.251. The van der Waals surface area contributed by atoms with E-state index in [0.717, 1.165) is 23.1 Å². The topological polar surface area (TPSA) is 82.1 Å². The first kappa shape index (κ1) is 25.6. The number of amides is 1. The fourth-order valence-corrected chi connectivity index (χ4v) is 5.08. The van der Waals surface area contributed by atoms with Crippen molar-refractivity contribution in [1.82, 2.24) is 4.90 Å². The minimum Gasteiger partial charge on any atom is -0.490 e. The Bertz CT molecular complexity index is 1530. The number of aryl methyl sites for hydroxylation is 2. The van der Waals surface area contributed by atoms with E-state index in [1.807, 2.05) is 51.1 Å². The van der Waals surface area contributed by atoms with Gasteiger partial charge in [-0.05, 0) is 80.1 Å². The second-order valence-electron chi connectivity index (χ2n) is 10.2. The second kappa shape index (κ2) is 10.4. The van der Waals surface area contributed by atoms with Gasteiger partial charge in [0.1, 0.15) is 11.3 Å². The Balaban J connectivity index is 1.66. The lowest BCUT2D eigenvalue weighted by Gasteiger charge is -2.25. The van der Waals surface area contributed by atoms with E-state index in [2.05, 4.69) is 13.8 Å². The highest BCUT2D eigenvalue weighted by atomic mass is 16.5. The molecule has 0 saturated carbocycles. The van der Waals surface area contributed by atoms with Crippen molar-refractivity contribution in [2.24, 2.45) is 5.92 Å². The van der Waals surface area contributed by atoms with E-state index < -0.39 is 6.04 Å². The summed E-state index contributed by atoms with van der Waals surface area (Å²) < 4.78 is 23.7. The van der Waals surface area contributed by atoms with E-state index in [1.54, 1.807) is 23.3 Å². The monoisotopic (exact) mass is 515 g/mol. The van der Waals surface area contributed by atoms with Gasteiger partial charge in [0.25, 0.3) is 5.91 Å². The maximum atomic E-state index is 14.0. The molecular formula is C31H33NO6. The molecule has 3 heterocycles. The summed E-state index contributed by atoms with van der Waals surface area (Å²) in [6.45, 7) is 11.2. The maximum Gasteiger partial charge on any atom is 0.291 e. The van der Waals surface area contributed by atoms with Gasteiger partial charge in [-0.25, -0.2) is 0 Å². The molecule has 7 heteroatoms. The van der Waals surface area contributed by atoms with Crippen molar-refractivity contribution in [2.75, 3.05) is 13.2 Å². The van der Waals surface area contributed by atoms with Crippen molar-refractivity contribution in [3.63, 3.8) is 0 Å². The van der Waals surface area contributed by atoms with Crippen LogP contribution in [0.3, 0.4) is 0 Å². The van der Waals surface area contributed by atoms with Crippen LogP contribution in [0.5, 0.6) is 11.5 Å². The number of fused-ring (bicyclic) bond motifs is 2. The lowest BCUT2D eigenvalue weighted by molar-refractivity contribution is 0.0701. The Kier molecular flexibility index (Phi) is 7.02. The molecule has 1 aliphatic rings.